The van der Waals surface area contributed by atoms with Crippen LogP contribution < -0.4 is 5.32 Å². The van der Waals surface area contributed by atoms with Gasteiger partial charge < -0.3 is 9.73 Å². The average Bonchev–Trinajstić information content (AvgIpc) is 3.43. The largest absolute Gasteiger partial charge is 0.468 e. The molecule has 1 fully saturated rings. The molecule has 0 aliphatic carbocycles. The molecule has 1 amide bonds. The highest BCUT2D eigenvalue weighted by Gasteiger charge is 2.26. The van der Waals surface area contributed by atoms with Crippen molar-refractivity contribution in [2.75, 3.05) is 19.6 Å². The molecule has 4 heterocycles. The summed E-state index contributed by atoms with van der Waals surface area (Å²) in [5, 5.41) is 9.79. The van der Waals surface area contributed by atoms with E-state index in [1.165, 1.54) is 24.2 Å². The summed E-state index contributed by atoms with van der Waals surface area (Å²) in [4.78, 5) is 19.3. The molecule has 1 aliphatic heterocycles. The molecule has 1 saturated heterocycles. The van der Waals surface area contributed by atoms with Crippen molar-refractivity contribution in [1.29, 1.82) is 0 Å². The van der Waals surface area contributed by atoms with E-state index in [0.717, 1.165) is 29.4 Å². The van der Waals surface area contributed by atoms with Crippen LogP contribution in [0.3, 0.4) is 0 Å². The molecular weight excluding hydrogens is 354 g/mol. The Bertz CT molecular complexity index is 805. The number of carbonyl (C=O) groups excluding carboxylic acids is 1. The van der Waals surface area contributed by atoms with Gasteiger partial charge in [-0.1, -0.05) is 0 Å². The first-order chi connectivity index (χ1) is 12.3. The van der Waals surface area contributed by atoms with Gasteiger partial charge >= 0.3 is 0 Å². The van der Waals surface area contributed by atoms with E-state index in [4.69, 9.17) is 4.42 Å². The summed E-state index contributed by atoms with van der Waals surface area (Å²) in [6.45, 7) is 2.61. The molecule has 0 unspecified atom stereocenters. The van der Waals surface area contributed by atoms with Gasteiger partial charge in [-0.2, -0.15) is 11.3 Å². The van der Waals surface area contributed by atoms with Crippen molar-refractivity contribution < 1.29 is 9.21 Å². The van der Waals surface area contributed by atoms with Crippen LogP contribution in [0.15, 0.2) is 45.0 Å². The van der Waals surface area contributed by atoms with Crippen molar-refractivity contribution in [2.24, 2.45) is 0 Å². The van der Waals surface area contributed by atoms with E-state index in [9.17, 15) is 4.79 Å². The molecule has 0 radical (unpaired) electrons. The molecule has 0 spiro atoms. The average molecular weight is 374 g/mol. The number of amides is 1. The van der Waals surface area contributed by atoms with Crippen molar-refractivity contribution in [2.45, 2.75) is 18.9 Å². The fourth-order valence-corrected chi connectivity index (χ4v) is 4.63. The van der Waals surface area contributed by atoms with E-state index in [-0.39, 0.29) is 11.9 Å². The van der Waals surface area contributed by atoms with Crippen LogP contribution >= 0.6 is 22.7 Å². The normalized spacial score (nSPS) is 16.2. The Hall–Kier alpha value is -1.96. The molecule has 0 bridgehead atoms. The predicted octanol–water partition coefficient (Wildman–Crippen LogP) is 4.03. The van der Waals surface area contributed by atoms with Crippen molar-refractivity contribution in [3.05, 3.63) is 52.1 Å². The number of hydrogen-bond acceptors (Lipinski definition) is 6. The zero-order chi connectivity index (χ0) is 17.1. The zero-order valence-electron chi connectivity index (χ0n) is 13.7. The first-order valence-electron chi connectivity index (χ1n) is 8.35. The number of nitrogens with zero attached hydrogens (tertiary/aromatic N) is 2. The number of thiophene rings is 1. The molecule has 3 aromatic rings. The van der Waals surface area contributed by atoms with Gasteiger partial charge in [0.25, 0.3) is 5.91 Å². The van der Waals surface area contributed by atoms with E-state index in [0.29, 0.717) is 12.2 Å². The van der Waals surface area contributed by atoms with Crippen molar-refractivity contribution in [1.82, 2.24) is 15.2 Å². The van der Waals surface area contributed by atoms with E-state index in [1.807, 2.05) is 34.3 Å². The molecule has 130 valence electrons. The second-order valence-corrected chi connectivity index (χ2v) is 7.67. The second kappa shape index (κ2) is 7.51. The summed E-state index contributed by atoms with van der Waals surface area (Å²) in [6, 6.07) is 5.97. The SMILES string of the molecule is O=C(NC[C@H](c1ccco1)N1CCCC1)c1csc(-c2ccsc2)n1. The van der Waals surface area contributed by atoms with Gasteiger partial charge in [0.1, 0.15) is 16.5 Å². The number of aromatic nitrogens is 1. The maximum atomic E-state index is 12.5. The first-order valence-corrected chi connectivity index (χ1v) is 10.2. The van der Waals surface area contributed by atoms with E-state index >= 15 is 0 Å². The van der Waals surface area contributed by atoms with E-state index in [1.54, 1.807) is 17.6 Å². The van der Waals surface area contributed by atoms with E-state index in [2.05, 4.69) is 15.2 Å². The zero-order valence-corrected chi connectivity index (χ0v) is 15.3. The third-order valence-electron chi connectivity index (χ3n) is 4.41. The standard InChI is InChI=1S/C18H19N3O2S2/c22-17(14-12-25-18(20-14)13-5-9-24-11-13)19-10-15(16-4-3-8-23-16)21-6-1-2-7-21/h3-5,8-9,11-12,15H,1-2,6-7,10H2,(H,19,22)/t15-/m1/s1. The van der Waals surface area contributed by atoms with Crippen LogP contribution in [0.5, 0.6) is 0 Å². The van der Waals surface area contributed by atoms with Crippen LogP contribution in [0.4, 0.5) is 0 Å². The summed E-state index contributed by atoms with van der Waals surface area (Å²) in [5.74, 6) is 0.771. The molecule has 7 heteroatoms. The Morgan fingerprint density at radius 1 is 1.32 bits per heavy atom. The van der Waals surface area contributed by atoms with Gasteiger partial charge in [0.15, 0.2) is 0 Å². The highest BCUT2D eigenvalue weighted by Crippen LogP contribution is 2.27. The quantitative estimate of drug-likeness (QED) is 0.709. The topological polar surface area (TPSA) is 58.4 Å². The lowest BCUT2D eigenvalue weighted by Crippen LogP contribution is -2.36. The molecule has 5 nitrogen and oxygen atoms in total. The number of furan rings is 1. The van der Waals surface area contributed by atoms with Gasteiger partial charge in [-0.15, -0.1) is 11.3 Å². The minimum Gasteiger partial charge on any atom is -0.468 e. The molecule has 4 rings (SSSR count). The number of thiazole rings is 1. The Kier molecular flexibility index (Phi) is 4.96. The molecule has 0 saturated carbocycles. The predicted molar refractivity (Wildman–Crippen MR) is 100 cm³/mol. The van der Waals surface area contributed by atoms with Crippen LogP contribution in [-0.4, -0.2) is 35.4 Å². The molecule has 25 heavy (non-hydrogen) atoms. The Labute approximate surface area is 154 Å². The van der Waals surface area contributed by atoms with Crippen LogP contribution in [0, 0.1) is 0 Å². The highest BCUT2D eigenvalue weighted by molar-refractivity contribution is 7.14. The fraction of sp³-hybridized carbons (Fsp3) is 0.333. The second-order valence-electron chi connectivity index (χ2n) is 6.03. The molecular formula is C18H19N3O2S2. The summed E-state index contributed by atoms with van der Waals surface area (Å²) < 4.78 is 5.59. The minimum absolute atomic E-state index is 0.0800. The lowest BCUT2D eigenvalue weighted by atomic mass is 10.2. The van der Waals surface area contributed by atoms with Crippen LogP contribution in [0.25, 0.3) is 10.6 Å². The van der Waals surface area contributed by atoms with Gasteiger partial charge in [0, 0.05) is 22.9 Å². The molecule has 1 aliphatic rings. The number of hydrogen-bond donors (Lipinski definition) is 1. The number of rotatable bonds is 6. The highest BCUT2D eigenvalue weighted by atomic mass is 32.1. The van der Waals surface area contributed by atoms with E-state index < -0.39 is 0 Å². The van der Waals surface area contributed by atoms with Crippen molar-refractivity contribution >= 4 is 28.6 Å². The summed E-state index contributed by atoms with van der Waals surface area (Å²) in [7, 11) is 0. The third-order valence-corrected chi connectivity index (χ3v) is 5.99. The van der Waals surface area contributed by atoms with Gasteiger partial charge in [-0.3, -0.25) is 9.69 Å². The molecule has 1 N–H and O–H groups in total. The van der Waals surface area contributed by atoms with Crippen molar-refractivity contribution in [3.8, 4) is 10.6 Å². The summed E-state index contributed by atoms with van der Waals surface area (Å²) in [5.41, 5.74) is 1.55. The molecule has 1 atom stereocenters. The number of carbonyl (C=O) groups is 1. The smallest absolute Gasteiger partial charge is 0.270 e. The molecule has 3 aromatic heterocycles. The third kappa shape index (κ3) is 3.68. The summed E-state index contributed by atoms with van der Waals surface area (Å²) in [6.07, 6.45) is 4.08. The van der Waals surface area contributed by atoms with Gasteiger partial charge in [-0.05, 0) is 49.5 Å². The maximum Gasteiger partial charge on any atom is 0.270 e. The van der Waals surface area contributed by atoms with Gasteiger partial charge in [0.05, 0.1) is 12.3 Å². The molecule has 0 aromatic carbocycles. The number of nitrogens with one attached hydrogen (secondary N) is 1. The van der Waals surface area contributed by atoms with Gasteiger partial charge in [-0.25, -0.2) is 4.98 Å². The summed E-state index contributed by atoms with van der Waals surface area (Å²) >= 11 is 3.13. The van der Waals surface area contributed by atoms with Crippen LogP contribution in [0.2, 0.25) is 0 Å². The minimum atomic E-state index is -0.131. The Morgan fingerprint density at radius 3 is 2.92 bits per heavy atom. The Morgan fingerprint density at radius 2 is 2.20 bits per heavy atom. The van der Waals surface area contributed by atoms with Gasteiger partial charge in [0.2, 0.25) is 0 Å². The fourth-order valence-electron chi connectivity index (χ4n) is 3.12. The van der Waals surface area contributed by atoms with Crippen molar-refractivity contribution in [3.63, 3.8) is 0 Å². The number of likely N-dealkylation sites (tertiary alicyclic amines) is 1. The lowest BCUT2D eigenvalue weighted by molar-refractivity contribution is 0.0929. The Balaban J connectivity index is 1.43. The maximum absolute atomic E-state index is 12.5. The first kappa shape index (κ1) is 16.5. The lowest BCUT2D eigenvalue weighted by Gasteiger charge is -2.25. The van der Waals surface area contributed by atoms with Crippen LogP contribution in [0.1, 0.15) is 35.1 Å². The monoisotopic (exact) mass is 373 g/mol. The van der Waals surface area contributed by atoms with Crippen LogP contribution in [-0.2, 0) is 0 Å².